The van der Waals surface area contributed by atoms with E-state index in [2.05, 4.69) is 16.6 Å². The molecule has 1 aromatic carbocycles. The number of rotatable bonds is 12. The van der Waals surface area contributed by atoms with E-state index in [4.69, 9.17) is 19.2 Å². The zero-order chi connectivity index (χ0) is 33.8. The molecule has 2 aliphatic heterocycles. The molecular weight excluding hydrogens is 624 g/mol. The quantitative estimate of drug-likeness (QED) is 0.324. The summed E-state index contributed by atoms with van der Waals surface area (Å²) in [7, 11) is -2.23. The van der Waals surface area contributed by atoms with Crippen LogP contribution in [0.25, 0.3) is 10.9 Å². The number of carbonyl (C=O) groups excluding carboxylic acids is 3. The number of carbonyl (C=O) groups is 3. The number of aromatic nitrogens is 1. The van der Waals surface area contributed by atoms with Gasteiger partial charge in [0.15, 0.2) is 0 Å². The molecule has 2 aliphatic carbocycles. The van der Waals surface area contributed by atoms with E-state index in [-0.39, 0.29) is 36.6 Å². The first-order valence-corrected chi connectivity index (χ1v) is 18.0. The van der Waals surface area contributed by atoms with Gasteiger partial charge in [0, 0.05) is 35.3 Å². The molecule has 3 amide bonds. The van der Waals surface area contributed by atoms with Crippen LogP contribution in [0.4, 0.5) is 0 Å². The predicted molar refractivity (Wildman–Crippen MR) is 174 cm³/mol. The Labute approximate surface area is 275 Å². The van der Waals surface area contributed by atoms with Crippen molar-refractivity contribution in [1.29, 1.82) is 0 Å². The van der Waals surface area contributed by atoms with Crippen molar-refractivity contribution in [1.82, 2.24) is 19.9 Å². The summed E-state index contributed by atoms with van der Waals surface area (Å²) in [6.45, 7) is 12.0. The molecule has 2 N–H and O–H groups in total. The third kappa shape index (κ3) is 5.91. The summed E-state index contributed by atoms with van der Waals surface area (Å²) in [5.41, 5.74) is 0.0330. The molecule has 47 heavy (non-hydrogen) atoms. The lowest BCUT2D eigenvalue weighted by molar-refractivity contribution is -0.149. The van der Waals surface area contributed by atoms with Crippen molar-refractivity contribution in [2.24, 2.45) is 17.8 Å². The molecule has 254 valence electrons. The maximum atomic E-state index is 14.2. The van der Waals surface area contributed by atoms with Crippen LogP contribution in [-0.2, 0) is 24.4 Å². The van der Waals surface area contributed by atoms with Crippen LogP contribution < -0.4 is 24.2 Å². The highest BCUT2D eigenvalue weighted by Crippen LogP contribution is 2.47. The van der Waals surface area contributed by atoms with Gasteiger partial charge in [-0.25, -0.2) is 13.4 Å². The number of pyridine rings is 1. The normalized spacial score (nSPS) is 28.5. The molecule has 2 saturated heterocycles. The number of piperidine rings is 1. The Hall–Kier alpha value is -3.87. The molecule has 0 unspecified atom stereocenters. The van der Waals surface area contributed by atoms with Gasteiger partial charge in [0.25, 0.3) is 5.91 Å². The average molecular weight is 669 g/mol. The van der Waals surface area contributed by atoms with Gasteiger partial charge in [-0.15, -0.1) is 6.58 Å². The van der Waals surface area contributed by atoms with Gasteiger partial charge in [0.1, 0.15) is 29.2 Å². The smallest absolute Gasteiger partial charge is 0.259 e. The van der Waals surface area contributed by atoms with Crippen LogP contribution in [0.15, 0.2) is 30.9 Å². The van der Waals surface area contributed by atoms with E-state index in [0.717, 1.165) is 10.9 Å². The predicted octanol–water partition coefficient (Wildman–Crippen LogP) is 3.40. The number of benzene rings is 1. The van der Waals surface area contributed by atoms with E-state index in [1.807, 2.05) is 39.8 Å². The van der Waals surface area contributed by atoms with Crippen LogP contribution in [-0.4, -0.2) is 78.7 Å². The number of nitrogens with one attached hydrogen (secondary N) is 2. The van der Waals surface area contributed by atoms with Crippen molar-refractivity contribution in [2.45, 2.75) is 95.2 Å². The summed E-state index contributed by atoms with van der Waals surface area (Å²) in [5.74, 6) is -0.464. The van der Waals surface area contributed by atoms with Gasteiger partial charge < -0.3 is 24.4 Å². The number of hydrogen-bond donors (Lipinski definition) is 2. The maximum absolute atomic E-state index is 14.2. The van der Waals surface area contributed by atoms with E-state index in [0.29, 0.717) is 55.2 Å². The molecular formula is C34H44N4O8S. The van der Waals surface area contributed by atoms with Gasteiger partial charge in [-0.05, 0) is 64.0 Å². The van der Waals surface area contributed by atoms with E-state index in [1.54, 1.807) is 24.2 Å². The van der Waals surface area contributed by atoms with Gasteiger partial charge >= 0.3 is 0 Å². The Bertz CT molecular complexity index is 1720. The number of sulfonamides is 1. The topological polar surface area (TPSA) is 153 Å². The van der Waals surface area contributed by atoms with Crippen molar-refractivity contribution in [3.05, 3.63) is 36.4 Å². The molecule has 0 spiro atoms. The van der Waals surface area contributed by atoms with Gasteiger partial charge in [-0.3, -0.25) is 19.1 Å². The number of nitrogens with zero attached hydrogens (tertiary/aromatic N) is 2. The zero-order valence-electron chi connectivity index (χ0n) is 27.6. The highest BCUT2D eigenvalue weighted by molar-refractivity contribution is 7.91. The summed E-state index contributed by atoms with van der Waals surface area (Å²) in [6, 6.07) is 4.14. The zero-order valence-corrected chi connectivity index (χ0v) is 28.4. The molecule has 0 bridgehead atoms. The van der Waals surface area contributed by atoms with Crippen LogP contribution in [0.5, 0.6) is 17.4 Å². The fourth-order valence-electron chi connectivity index (χ4n) is 7.27. The second-order valence-corrected chi connectivity index (χ2v) is 15.5. The molecule has 6 rings (SSSR count). The van der Waals surface area contributed by atoms with Crippen molar-refractivity contribution < 1.29 is 37.0 Å². The fourth-order valence-corrected chi connectivity index (χ4v) is 8.63. The molecule has 6 atom stereocenters. The third-order valence-electron chi connectivity index (χ3n) is 10.2. The lowest BCUT2D eigenvalue weighted by Gasteiger charge is -2.40. The fraction of sp³-hybridized carbons (Fsp3) is 0.588. The van der Waals surface area contributed by atoms with Crippen LogP contribution in [0.1, 0.15) is 64.9 Å². The molecule has 4 aliphatic rings. The number of fused-ring (bicyclic) bond motifs is 2. The molecule has 13 heteroatoms. The van der Waals surface area contributed by atoms with Crippen LogP contribution >= 0.6 is 0 Å². The van der Waals surface area contributed by atoms with Gasteiger partial charge in [-0.1, -0.05) is 19.9 Å². The number of hydrogen-bond acceptors (Lipinski definition) is 9. The second kappa shape index (κ2) is 12.3. The number of amides is 3. The summed E-state index contributed by atoms with van der Waals surface area (Å²) in [4.78, 5) is 47.9. The molecule has 2 saturated carbocycles. The van der Waals surface area contributed by atoms with Crippen molar-refractivity contribution in [3.8, 4) is 17.4 Å². The average Bonchev–Trinajstić information content (AvgIpc) is 3.95. The minimum atomic E-state index is -3.83. The summed E-state index contributed by atoms with van der Waals surface area (Å²) >= 11 is 0. The lowest BCUT2D eigenvalue weighted by atomic mass is 9.84. The van der Waals surface area contributed by atoms with Crippen LogP contribution in [0.3, 0.4) is 0 Å². The second-order valence-electron chi connectivity index (χ2n) is 13.5. The van der Waals surface area contributed by atoms with E-state index >= 15 is 0 Å². The van der Waals surface area contributed by atoms with E-state index in [9.17, 15) is 22.8 Å². The highest BCUT2D eigenvalue weighted by Gasteiger charge is 2.62. The maximum Gasteiger partial charge on any atom is 0.259 e. The van der Waals surface area contributed by atoms with Crippen LogP contribution in [0.2, 0.25) is 0 Å². The first-order chi connectivity index (χ1) is 22.3. The molecule has 2 aromatic rings. The first kappa shape index (κ1) is 33.0. The highest BCUT2D eigenvalue weighted by atomic mass is 32.2. The summed E-state index contributed by atoms with van der Waals surface area (Å²) in [6.07, 6.45) is 3.71. The standard InChI is InChI=1S/C34H44N4O8S/c1-7-20-17-34(20,33(41)37-47(42,43)21-9-10-21)36-31(39)25-15-28(24-13-11-22(18(3)4)32(40)38(24)25)46-27-16-29(45-8-2)35-30-19(5)26(44-6)14-12-23(27)30/h7,12,14,16,18,20-22,24-25,28H,1,8-11,13,15,17H2,2-6H3,(H,36,39)(H,37,41)/t20-,22-,24-,25+,28-,34-/m1/s1. The van der Waals surface area contributed by atoms with Gasteiger partial charge in [-0.2, -0.15) is 0 Å². The van der Waals surface area contributed by atoms with Crippen molar-refractivity contribution in [3.63, 3.8) is 0 Å². The molecule has 12 nitrogen and oxygen atoms in total. The minimum absolute atomic E-state index is 0.0707. The lowest BCUT2D eigenvalue weighted by Crippen LogP contribution is -2.59. The number of methoxy groups -OCH3 is 1. The number of aryl methyl sites for hydroxylation is 1. The number of ether oxygens (including phenoxy) is 3. The Kier molecular flexibility index (Phi) is 8.65. The summed E-state index contributed by atoms with van der Waals surface area (Å²) in [5, 5.41) is 3.02. The Morgan fingerprint density at radius 1 is 1.19 bits per heavy atom. The SMILES string of the molecule is C=C[C@@H]1C[C@]1(NC(=O)[C@@H]1C[C@@H](Oc2cc(OCC)nc3c(C)c(OC)ccc23)[C@H]2CC[C@H](C(C)C)C(=O)N21)C(=O)NS(=O)(=O)C1CC1. The van der Waals surface area contributed by atoms with E-state index < -0.39 is 50.7 Å². The molecule has 4 fully saturated rings. The van der Waals surface area contributed by atoms with Crippen molar-refractivity contribution >= 4 is 38.6 Å². The van der Waals surface area contributed by atoms with Crippen molar-refractivity contribution in [2.75, 3.05) is 13.7 Å². The summed E-state index contributed by atoms with van der Waals surface area (Å²) < 4.78 is 45.4. The van der Waals surface area contributed by atoms with Gasteiger partial charge in [0.2, 0.25) is 27.7 Å². The first-order valence-electron chi connectivity index (χ1n) is 16.5. The largest absolute Gasteiger partial charge is 0.496 e. The Morgan fingerprint density at radius 2 is 1.94 bits per heavy atom. The molecule has 3 heterocycles. The third-order valence-corrected chi connectivity index (χ3v) is 12.0. The van der Waals surface area contributed by atoms with E-state index in [1.165, 1.54) is 0 Å². The van der Waals surface area contributed by atoms with Crippen LogP contribution in [0, 0.1) is 24.7 Å². The Morgan fingerprint density at radius 3 is 2.55 bits per heavy atom. The molecule has 1 aromatic heterocycles. The molecule has 0 radical (unpaired) electrons. The monoisotopic (exact) mass is 668 g/mol. The van der Waals surface area contributed by atoms with Gasteiger partial charge in [0.05, 0.1) is 30.5 Å². The Balaban J connectivity index is 1.32. The minimum Gasteiger partial charge on any atom is -0.496 e.